The molecule has 1 fully saturated rings. The van der Waals surface area contributed by atoms with Crippen molar-refractivity contribution in [2.45, 2.75) is 77.0 Å². The molecule has 0 atom stereocenters. The largest absolute Gasteiger partial charge is 0.362 e. The molecule has 4 aromatic rings. The number of anilines is 2. The van der Waals surface area contributed by atoms with Crippen LogP contribution >= 0.6 is 0 Å². The number of nitrogens with one attached hydrogen (secondary N) is 2. The molecule has 0 unspecified atom stereocenters. The lowest BCUT2D eigenvalue weighted by atomic mass is 9.91. The second kappa shape index (κ2) is 11.1. The Morgan fingerprint density at radius 2 is 1.58 bits per heavy atom. The Bertz CT molecular complexity index is 1350. The minimum absolute atomic E-state index is 0.0255. The number of fused-ring (bicyclic) bond motifs is 1. The maximum atomic E-state index is 4.99. The third kappa shape index (κ3) is 6.16. The first-order valence-electron chi connectivity index (χ1n) is 13.8. The average Bonchev–Trinajstić information content (AvgIpc) is 3.31. The maximum absolute atomic E-state index is 4.99. The van der Waals surface area contributed by atoms with E-state index in [-0.39, 0.29) is 5.41 Å². The summed E-state index contributed by atoms with van der Waals surface area (Å²) in [6.45, 7) is 8.32. The van der Waals surface area contributed by atoms with E-state index in [0.29, 0.717) is 12.1 Å². The standard InChI is InChI=1S/C31H41N7/c1-31(2,3)28-19-25(38(36-28)21-22-11-7-6-8-12-22)20-32-23-15-17-24(18-16-23)33-30-34-27-14-10-9-13-26(27)29(35-30)37(4)5/h6-14,19,23-24,32H,15-18,20-21H2,1-5H3,(H,33,34,35)/t23-,24+. The molecule has 2 heterocycles. The van der Waals surface area contributed by atoms with Crippen LogP contribution in [0.5, 0.6) is 0 Å². The van der Waals surface area contributed by atoms with Crippen LogP contribution in [0, 0.1) is 0 Å². The van der Waals surface area contributed by atoms with Gasteiger partial charge in [0.15, 0.2) is 0 Å². The van der Waals surface area contributed by atoms with Gasteiger partial charge in [0, 0.05) is 43.5 Å². The molecule has 0 aliphatic heterocycles. The Morgan fingerprint density at radius 1 is 0.895 bits per heavy atom. The lowest BCUT2D eigenvalue weighted by molar-refractivity contribution is 0.348. The molecule has 1 aliphatic carbocycles. The van der Waals surface area contributed by atoms with Gasteiger partial charge in [-0.15, -0.1) is 0 Å². The van der Waals surface area contributed by atoms with Gasteiger partial charge in [0.1, 0.15) is 5.82 Å². The third-order valence-electron chi connectivity index (χ3n) is 7.45. The van der Waals surface area contributed by atoms with E-state index in [4.69, 9.17) is 15.1 Å². The van der Waals surface area contributed by atoms with Gasteiger partial charge in [-0.05, 0) is 49.4 Å². The molecule has 7 nitrogen and oxygen atoms in total. The lowest BCUT2D eigenvalue weighted by Gasteiger charge is -2.30. The summed E-state index contributed by atoms with van der Waals surface area (Å²) in [5, 5.41) is 13.5. The maximum Gasteiger partial charge on any atom is 0.225 e. The van der Waals surface area contributed by atoms with Gasteiger partial charge in [-0.1, -0.05) is 63.2 Å². The Labute approximate surface area is 226 Å². The highest BCUT2D eigenvalue weighted by molar-refractivity contribution is 5.90. The third-order valence-corrected chi connectivity index (χ3v) is 7.45. The van der Waals surface area contributed by atoms with Crippen molar-refractivity contribution in [2.24, 2.45) is 0 Å². The van der Waals surface area contributed by atoms with E-state index < -0.39 is 0 Å². The predicted molar refractivity (Wildman–Crippen MR) is 157 cm³/mol. The van der Waals surface area contributed by atoms with E-state index >= 15 is 0 Å². The van der Waals surface area contributed by atoms with Crippen molar-refractivity contribution in [1.82, 2.24) is 25.1 Å². The molecule has 0 saturated heterocycles. The summed E-state index contributed by atoms with van der Waals surface area (Å²) in [5.41, 5.74) is 4.67. The van der Waals surface area contributed by atoms with Gasteiger partial charge < -0.3 is 15.5 Å². The summed E-state index contributed by atoms with van der Waals surface area (Å²) in [5.74, 6) is 1.68. The molecular weight excluding hydrogens is 470 g/mol. The zero-order valence-corrected chi connectivity index (χ0v) is 23.4. The van der Waals surface area contributed by atoms with E-state index in [2.05, 4.69) is 89.5 Å². The minimum atomic E-state index is 0.0255. The Balaban J connectivity index is 1.20. The van der Waals surface area contributed by atoms with Gasteiger partial charge in [0.2, 0.25) is 5.95 Å². The Kier molecular flexibility index (Phi) is 7.65. The van der Waals surface area contributed by atoms with Crippen LogP contribution in [0.15, 0.2) is 60.7 Å². The first kappa shape index (κ1) is 26.2. The number of rotatable bonds is 8. The van der Waals surface area contributed by atoms with Crippen LogP contribution in [-0.4, -0.2) is 45.9 Å². The molecule has 200 valence electrons. The Morgan fingerprint density at radius 3 is 2.29 bits per heavy atom. The van der Waals surface area contributed by atoms with Gasteiger partial charge >= 0.3 is 0 Å². The van der Waals surface area contributed by atoms with Crippen LogP contribution in [0.4, 0.5) is 11.8 Å². The average molecular weight is 512 g/mol. The minimum Gasteiger partial charge on any atom is -0.362 e. The van der Waals surface area contributed by atoms with Crippen molar-refractivity contribution in [3.05, 3.63) is 77.6 Å². The van der Waals surface area contributed by atoms with Gasteiger partial charge in [-0.2, -0.15) is 10.1 Å². The summed E-state index contributed by atoms with van der Waals surface area (Å²) in [7, 11) is 4.07. The highest BCUT2D eigenvalue weighted by Gasteiger charge is 2.24. The highest BCUT2D eigenvalue weighted by Crippen LogP contribution is 2.27. The first-order chi connectivity index (χ1) is 18.3. The summed E-state index contributed by atoms with van der Waals surface area (Å²) in [6.07, 6.45) is 4.46. The van der Waals surface area contributed by atoms with Crippen molar-refractivity contribution in [3.8, 4) is 0 Å². The molecule has 38 heavy (non-hydrogen) atoms. The van der Waals surface area contributed by atoms with Crippen molar-refractivity contribution in [3.63, 3.8) is 0 Å². The number of nitrogens with zero attached hydrogens (tertiary/aromatic N) is 5. The topological polar surface area (TPSA) is 70.9 Å². The van der Waals surface area contributed by atoms with E-state index in [9.17, 15) is 0 Å². The Hall–Kier alpha value is -3.45. The van der Waals surface area contributed by atoms with E-state index in [1.165, 1.54) is 11.3 Å². The molecule has 0 spiro atoms. The molecule has 2 aromatic heterocycles. The summed E-state index contributed by atoms with van der Waals surface area (Å²) < 4.78 is 2.18. The molecule has 7 heteroatoms. The zero-order chi connectivity index (χ0) is 26.7. The molecule has 2 N–H and O–H groups in total. The predicted octanol–water partition coefficient (Wildman–Crippen LogP) is 5.75. The second-order valence-electron chi connectivity index (χ2n) is 11.8. The molecule has 2 aromatic carbocycles. The fourth-order valence-corrected chi connectivity index (χ4v) is 5.20. The quantitative estimate of drug-likeness (QED) is 0.314. The van der Waals surface area contributed by atoms with Crippen molar-refractivity contribution < 1.29 is 0 Å². The van der Waals surface area contributed by atoms with Crippen molar-refractivity contribution >= 4 is 22.7 Å². The van der Waals surface area contributed by atoms with Crippen molar-refractivity contribution in [1.29, 1.82) is 0 Å². The van der Waals surface area contributed by atoms with E-state index in [0.717, 1.165) is 67.1 Å². The van der Waals surface area contributed by atoms with Gasteiger partial charge in [-0.25, -0.2) is 4.98 Å². The molecule has 1 aliphatic rings. The number of para-hydroxylation sites is 1. The molecular formula is C31H41N7. The van der Waals surface area contributed by atoms with E-state index in [1.807, 2.05) is 26.2 Å². The van der Waals surface area contributed by atoms with Crippen LogP contribution < -0.4 is 15.5 Å². The van der Waals surface area contributed by atoms with Crippen LogP contribution in [0.1, 0.15) is 63.4 Å². The normalized spacial score (nSPS) is 18.0. The molecule has 1 saturated carbocycles. The molecule has 0 amide bonds. The van der Waals surface area contributed by atoms with Crippen LogP contribution in [0.2, 0.25) is 0 Å². The monoisotopic (exact) mass is 511 g/mol. The summed E-state index contributed by atoms with van der Waals surface area (Å²) >= 11 is 0. The number of hydrogen-bond donors (Lipinski definition) is 2. The zero-order valence-electron chi connectivity index (χ0n) is 23.4. The fourth-order valence-electron chi connectivity index (χ4n) is 5.20. The van der Waals surface area contributed by atoms with Crippen LogP contribution in [0.25, 0.3) is 10.9 Å². The van der Waals surface area contributed by atoms with Gasteiger partial charge in [0.25, 0.3) is 0 Å². The smallest absolute Gasteiger partial charge is 0.225 e. The number of aromatic nitrogens is 4. The summed E-state index contributed by atoms with van der Waals surface area (Å²) in [4.78, 5) is 11.7. The van der Waals surface area contributed by atoms with Gasteiger partial charge in [0.05, 0.1) is 23.4 Å². The highest BCUT2D eigenvalue weighted by atomic mass is 15.3. The van der Waals surface area contributed by atoms with Crippen LogP contribution in [-0.2, 0) is 18.5 Å². The molecule has 0 bridgehead atoms. The van der Waals surface area contributed by atoms with Gasteiger partial charge in [-0.3, -0.25) is 4.68 Å². The van der Waals surface area contributed by atoms with E-state index in [1.54, 1.807) is 0 Å². The van der Waals surface area contributed by atoms with Crippen LogP contribution in [0.3, 0.4) is 0 Å². The molecule has 5 rings (SSSR count). The summed E-state index contributed by atoms with van der Waals surface area (Å²) in [6, 6.07) is 22.0. The number of hydrogen-bond acceptors (Lipinski definition) is 6. The lowest BCUT2D eigenvalue weighted by Crippen LogP contribution is -2.37. The fraction of sp³-hybridized carbons (Fsp3) is 0.452. The molecule has 0 radical (unpaired) electrons. The van der Waals surface area contributed by atoms with Crippen molar-refractivity contribution in [2.75, 3.05) is 24.3 Å². The SMILES string of the molecule is CN(C)c1nc(N[C@H]2CC[C@@H](NCc3cc(C(C)(C)C)nn3Cc3ccccc3)CC2)nc2ccccc12. The first-order valence-corrected chi connectivity index (χ1v) is 13.8. The second-order valence-corrected chi connectivity index (χ2v) is 11.8. The number of benzene rings is 2.